The number of ether oxygens (including phenoxy) is 1. The van der Waals surface area contributed by atoms with Gasteiger partial charge in [-0.25, -0.2) is 14.4 Å². The molecule has 6 nitrogen and oxygen atoms in total. The highest BCUT2D eigenvalue weighted by Gasteiger charge is 2.23. The van der Waals surface area contributed by atoms with Gasteiger partial charge in [0, 0.05) is 6.42 Å². The van der Waals surface area contributed by atoms with Gasteiger partial charge in [0.05, 0.1) is 11.1 Å². The first-order valence-corrected chi connectivity index (χ1v) is 8.09. The Balaban J connectivity index is 2.48. The Kier molecular flexibility index (Phi) is 8.39. The number of hydrogen-bond acceptors (Lipinski definition) is 5. The largest absolute Gasteiger partial charge is 0.478 e. The van der Waals surface area contributed by atoms with Crippen molar-refractivity contribution in [2.45, 2.75) is 51.9 Å². The maximum atomic E-state index is 11.9. The van der Waals surface area contributed by atoms with Crippen molar-refractivity contribution >= 4 is 23.7 Å². The molecule has 24 heavy (non-hydrogen) atoms. The zero-order chi connectivity index (χ0) is 17.9. The van der Waals surface area contributed by atoms with Crippen LogP contribution in [0, 0.1) is 0 Å². The number of carboxylic acid groups (broad SMARTS) is 1. The number of rotatable bonds is 10. The molecule has 0 unspecified atom stereocenters. The van der Waals surface area contributed by atoms with E-state index in [1.165, 1.54) is 24.3 Å². The van der Waals surface area contributed by atoms with Crippen molar-refractivity contribution in [3.8, 4) is 0 Å². The van der Waals surface area contributed by atoms with Crippen molar-refractivity contribution < 1.29 is 29.0 Å². The molecule has 6 heteroatoms. The molecule has 0 radical (unpaired) electrons. The zero-order valence-corrected chi connectivity index (χ0v) is 13.7. The Morgan fingerprint density at radius 1 is 0.917 bits per heavy atom. The van der Waals surface area contributed by atoms with Crippen molar-refractivity contribution in [3.05, 3.63) is 35.4 Å². The Bertz CT molecular complexity index is 605. The maximum absolute atomic E-state index is 11.9. The van der Waals surface area contributed by atoms with Gasteiger partial charge in [-0.3, -0.25) is 4.79 Å². The summed E-state index contributed by atoms with van der Waals surface area (Å²) < 4.78 is 4.49. The summed E-state index contributed by atoms with van der Waals surface area (Å²) in [5, 5.41) is 9.00. The van der Waals surface area contributed by atoms with E-state index in [1.54, 1.807) is 0 Å². The first-order valence-electron chi connectivity index (χ1n) is 8.09. The van der Waals surface area contributed by atoms with Crippen LogP contribution in [0.25, 0.3) is 0 Å². The van der Waals surface area contributed by atoms with Crippen LogP contribution in [0.15, 0.2) is 24.3 Å². The molecule has 1 aromatic rings. The molecule has 130 valence electrons. The number of carbonyl (C=O) groups excluding carboxylic acids is 3. The number of carbonyl (C=O) groups is 4. The second-order valence-corrected chi connectivity index (χ2v) is 5.47. The van der Waals surface area contributed by atoms with E-state index in [9.17, 15) is 19.2 Å². The zero-order valence-electron chi connectivity index (χ0n) is 13.7. The number of Topliss-reactive ketones (excluding diaryl/α,β-unsaturated/α-hetero) is 1. The highest BCUT2D eigenvalue weighted by atomic mass is 16.6. The standard InChI is InChI=1S/C18H22O6/c1-2-3-4-5-6-7-12-15(19)18(23)24-17(22)14-11-9-8-10-13(14)16(20)21/h8-11H,2-7,12H2,1H3,(H,20,21). The number of ketones is 1. The Morgan fingerprint density at radius 3 is 2.12 bits per heavy atom. The van der Waals surface area contributed by atoms with Gasteiger partial charge in [-0.1, -0.05) is 51.2 Å². The second kappa shape index (κ2) is 10.3. The number of benzene rings is 1. The predicted octanol–water partition coefficient (Wildman–Crippen LogP) is 3.39. The lowest BCUT2D eigenvalue weighted by atomic mass is 10.1. The molecule has 0 amide bonds. The fraction of sp³-hybridized carbons (Fsp3) is 0.444. The van der Waals surface area contributed by atoms with Crippen LogP contribution in [0.4, 0.5) is 0 Å². The molecule has 0 spiro atoms. The summed E-state index contributed by atoms with van der Waals surface area (Å²) in [7, 11) is 0. The lowest BCUT2D eigenvalue weighted by molar-refractivity contribution is -0.149. The third-order valence-corrected chi connectivity index (χ3v) is 3.55. The number of carboxylic acids is 1. The molecular weight excluding hydrogens is 312 g/mol. The molecule has 0 heterocycles. The van der Waals surface area contributed by atoms with E-state index in [0.29, 0.717) is 6.42 Å². The average molecular weight is 334 g/mol. The van der Waals surface area contributed by atoms with Crippen LogP contribution in [0.2, 0.25) is 0 Å². The summed E-state index contributed by atoms with van der Waals surface area (Å²) in [6.45, 7) is 2.11. The van der Waals surface area contributed by atoms with Crippen LogP contribution in [-0.2, 0) is 14.3 Å². The molecule has 0 saturated carbocycles. The molecule has 0 aromatic heterocycles. The number of unbranched alkanes of at least 4 members (excludes halogenated alkanes) is 5. The van der Waals surface area contributed by atoms with E-state index in [0.717, 1.165) is 32.1 Å². The molecule has 0 saturated heterocycles. The smallest absolute Gasteiger partial charge is 0.382 e. The second-order valence-electron chi connectivity index (χ2n) is 5.47. The highest BCUT2D eigenvalue weighted by molar-refractivity contribution is 6.35. The lowest BCUT2D eigenvalue weighted by Crippen LogP contribution is -2.22. The third kappa shape index (κ3) is 6.32. The van der Waals surface area contributed by atoms with E-state index in [1.807, 2.05) is 0 Å². The maximum Gasteiger partial charge on any atom is 0.382 e. The fourth-order valence-electron chi connectivity index (χ4n) is 2.21. The minimum atomic E-state index is -1.31. The normalized spacial score (nSPS) is 10.2. The van der Waals surface area contributed by atoms with Gasteiger partial charge in [0.2, 0.25) is 5.78 Å². The Hall–Kier alpha value is -2.50. The minimum absolute atomic E-state index is 0.0266. The Labute approximate surface area is 140 Å². The third-order valence-electron chi connectivity index (χ3n) is 3.55. The van der Waals surface area contributed by atoms with Crippen molar-refractivity contribution in [2.24, 2.45) is 0 Å². The van der Waals surface area contributed by atoms with Crippen LogP contribution in [0.1, 0.15) is 72.6 Å². The topological polar surface area (TPSA) is 97.7 Å². The van der Waals surface area contributed by atoms with Gasteiger partial charge in [-0.15, -0.1) is 0 Å². The number of esters is 2. The molecule has 0 aliphatic heterocycles. The number of aromatic carboxylic acids is 1. The molecule has 0 aliphatic carbocycles. The van der Waals surface area contributed by atoms with E-state index >= 15 is 0 Å². The monoisotopic (exact) mass is 334 g/mol. The number of hydrogen-bond donors (Lipinski definition) is 1. The first-order chi connectivity index (χ1) is 11.5. The molecule has 0 fully saturated rings. The van der Waals surface area contributed by atoms with Gasteiger partial charge >= 0.3 is 17.9 Å². The molecule has 0 bridgehead atoms. The summed E-state index contributed by atoms with van der Waals surface area (Å²) in [4.78, 5) is 46.2. The molecular formula is C18H22O6. The van der Waals surface area contributed by atoms with Crippen LogP contribution in [0.3, 0.4) is 0 Å². The summed E-state index contributed by atoms with van der Waals surface area (Å²) in [6.07, 6.45) is 5.81. The highest BCUT2D eigenvalue weighted by Crippen LogP contribution is 2.12. The van der Waals surface area contributed by atoms with Crippen LogP contribution < -0.4 is 0 Å². The molecule has 0 atom stereocenters. The van der Waals surface area contributed by atoms with Crippen molar-refractivity contribution in [2.75, 3.05) is 0 Å². The quantitative estimate of drug-likeness (QED) is 0.305. The van der Waals surface area contributed by atoms with Crippen molar-refractivity contribution in [3.63, 3.8) is 0 Å². The average Bonchev–Trinajstić information content (AvgIpc) is 2.57. The SMILES string of the molecule is CCCCCCCCC(=O)C(=O)OC(=O)c1ccccc1C(=O)O. The molecule has 1 N–H and O–H groups in total. The summed E-state index contributed by atoms with van der Waals surface area (Å²) in [5.74, 6) is -4.46. The van der Waals surface area contributed by atoms with Gasteiger partial charge in [-0.2, -0.15) is 0 Å². The van der Waals surface area contributed by atoms with Crippen LogP contribution >= 0.6 is 0 Å². The van der Waals surface area contributed by atoms with Gasteiger partial charge in [0.1, 0.15) is 0 Å². The molecule has 0 aliphatic rings. The predicted molar refractivity (Wildman–Crippen MR) is 86.8 cm³/mol. The van der Waals surface area contributed by atoms with Crippen molar-refractivity contribution in [1.29, 1.82) is 0 Å². The van der Waals surface area contributed by atoms with E-state index in [-0.39, 0.29) is 17.5 Å². The molecule has 1 rings (SSSR count). The van der Waals surface area contributed by atoms with E-state index in [4.69, 9.17) is 5.11 Å². The summed E-state index contributed by atoms with van der Waals surface area (Å²) in [5.41, 5.74) is -0.538. The summed E-state index contributed by atoms with van der Waals surface area (Å²) >= 11 is 0. The van der Waals surface area contributed by atoms with Crippen LogP contribution in [-0.4, -0.2) is 28.8 Å². The minimum Gasteiger partial charge on any atom is -0.478 e. The van der Waals surface area contributed by atoms with E-state index < -0.39 is 23.7 Å². The Morgan fingerprint density at radius 2 is 1.50 bits per heavy atom. The van der Waals surface area contributed by atoms with Gasteiger partial charge < -0.3 is 9.84 Å². The van der Waals surface area contributed by atoms with Crippen LogP contribution in [0.5, 0.6) is 0 Å². The van der Waals surface area contributed by atoms with Crippen molar-refractivity contribution in [1.82, 2.24) is 0 Å². The first kappa shape index (κ1) is 19.5. The van der Waals surface area contributed by atoms with Gasteiger partial charge in [0.25, 0.3) is 0 Å². The van der Waals surface area contributed by atoms with Gasteiger partial charge in [0.15, 0.2) is 0 Å². The van der Waals surface area contributed by atoms with Gasteiger partial charge in [-0.05, 0) is 18.6 Å². The molecule has 1 aromatic carbocycles. The fourth-order valence-corrected chi connectivity index (χ4v) is 2.21. The lowest BCUT2D eigenvalue weighted by Gasteiger charge is -2.05. The summed E-state index contributed by atoms with van der Waals surface area (Å²) in [6, 6.07) is 5.36. The van der Waals surface area contributed by atoms with E-state index in [2.05, 4.69) is 11.7 Å².